The van der Waals surface area contributed by atoms with E-state index in [1.54, 1.807) is 17.2 Å². The second-order valence-electron chi connectivity index (χ2n) is 6.52. The summed E-state index contributed by atoms with van der Waals surface area (Å²) in [6, 6.07) is 9.72. The first-order valence-corrected chi connectivity index (χ1v) is 8.58. The first kappa shape index (κ1) is 16.3. The zero-order chi connectivity index (χ0) is 18.1. The smallest absolute Gasteiger partial charge is 0.253 e. The molecular weight excluding hydrogens is 331 g/mol. The van der Waals surface area contributed by atoms with Crippen LogP contribution in [0.15, 0.2) is 42.7 Å². The number of H-pyrrole nitrogens is 1. The molecule has 1 amide bonds. The molecule has 1 aliphatic heterocycles. The van der Waals surface area contributed by atoms with Gasteiger partial charge in [0, 0.05) is 36.4 Å². The topological polar surface area (TPSA) is 72.8 Å². The normalized spacial score (nSPS) is 15.2. The van der Waals surface area contributed by atoms with E-state index in [0.29, 0.717) is 24.6 Å². The lowest BCUT2D eigenvalue weighted by Gasteiger charge is -2.32. The number of benzene rings is 1. The third-order valence-corrected chi connectivity index (χ3v) is 5.04. The summed E-state index contributed by atoms with van der Waals surface area (Å²) in [5, 5.41) is 10.1. The molecule has 3 aromatic rings. The van der Waals surface area contributed by atoms with Gasteiger partial charge in [-0.3, -0.25) is 4.79 Å². The first-order chi connectivity index (χ1) is 12.7. The Balaban J connectivity index is 1.48. The van der Waals surface area contributed by atoms with Gasteiger partial charge in [-0.2, -0.15) is 5.26 Å². The molecule has 0 radical (unpaired) electrons. The number of piperidine rings is 1. The lowest BCUT2D eigenvalue weighted by atomic mass is 9.89. The van der Waals surface area contributed by atoms with Crippen molar-refractivity contribution in [3.8, 4) is 6.07 Å². The number of nitrogens with one attached hydrogen (secondary N) is 1. The Hall–Kier alpha value is -3.20. The fourth-order valence-electron chi connectivity index (χ4n) is 3.64. The van der Waals surface area contributed by atoms with Crippen molar-refractivity contribution in [2.24, 2.45) is 0 Å². The number of hydrogen-bond donors (Lipinski definition) is 1. The third-order valence-electron chi connectivity index (χ3n) is 5.04. The number of pyridine rings is 1. The molecule has 0 atom stereocenters. The molecule has 26 heavy (non-hydrogen) atoms. The maximum Gasteiger partial charge on any atom is 0.253 e. The molecule has 1 fully saturated rings. The van der Waals surface area contributed by atoms with Crippen LogP contribution < -0.4 is 0 Å². The van der Waals surface area contributed by atoms with Gasteiger partial charge in [0.1, 0.15) is 17.5 Å². The Bertz CT molecular complexity index is 1010. The molecule has 1 aliphatic rings. The van der Waals surface area contributed by atoms with Crippen molar-refractivity contribution in [3.05, 3.63) is 65.2 Å². The number of rotatable bonds is 2. The van der Waals surface area contributed by atoms with Crippen LogP contribution >= 0.6 is 0 Å². The van der Waals surface area contributed by atoms with Gasteiger partial charge < -0.3 is 9.88 Å². The van der Waals surface area contributed by atoms with Crippen LogP contribution in [-0.4, -0.2) is 33.9 Å². The number of carbonyl (C=O) groups is 1. The quantitative estimate of drug-likeness (QED) is 0.769. The van der Waals surface area contributed by atoms with E-state index in [1.165, 1.54) is 23.8 Å². The number of halogens is 1. The molecule has 130 valence electrons. The van der Waals surface area contributed by atoms with Crippen molar-refractivity contribution in [1.82, 2.24) is 14.9 Å². The molecule has 1 aromatic carbocycles. The van der Waals surface area contributed by atoms with Crippen LogP contribution in [0.25, 0.3) is 11.0 Å². The second kappa shape index (κ2) is 6.60. The largest absolute Gasteiger partial charge is 0.346 e. The summed E-state index contributed by atoms with van der Waals surface area (Å²) in [6.07, 6.45) is 5.50. The molecule has 1 N–H and O–H groups in total. The van der Waals surface area contributed by atoms with E-state index >= 15 is 0 Å². The van der Waals surface area contributed by atoms with E-state index < -0.39 is 5.82 Å². The molecule has 6 heteroatoms. The Kier molecular flexibility index (Phi) is 4.13. The number of nitrogens with zero attached hydrogens (tertiary/aromatic N) is 3. The fraction of sp³-hybridized carbons (Fsp3) is 0.250. The van der Waals surface area contributed by atoms with Crippen LogP contribution in [0.3, 0.4) is 0 Å². The van der Waals surface area contributed by atoms with Gasteiger partial charge in [0.2, 0.25) is 0 Å². The maximum absolute atomic E-state index is 13.5. The average Bonchev–Trinajstić information content (AvgIpc) is 3.12. The Morgan fingerprint density at radius 1 is 1.31 bits per heavy atom. The summed E-state index contributed by atoms with van der Waals surface area (Å²) >= 11 is 0. The number of hydrogen-bond acceptors (Lipinski definition) is 3. The molecule has 0 spiro atoms. The van der Waals surface area contributed by atoms with Crippen molar-refractivity contribution < 1.29 is 9.18 Å². The van der Waals surface area contributed by atoms with Gasteiger partial charge >= 0.3 is 0 Å². The van der Waals surface area contributed by atoms with Crippen LogP contribution in [0.2, 0.25) is 0 Å². The molecule has 3 heterocycles. The van der Waals surface area contributed by atoms with Crippen molar-refractivity contribution in [2.45, 2.75) is 18.8 Å². The van der Waals surface area contributed by atoms with E-state index in [0.717, 1.165) is 23.9 Å². The zero-order valence-corrected chi connectivity index (χ0v) is 14.1. The second-order valence-corrected chi connectivity index (χ2v) is 6.52. The van der Waals surface area contributed by atoms with Crippen LogP contribution in [0, 0.1) is 17.1 Å². The highest BCUT2D eigenvalue weighted by molar-refractivity contribution is 5.94. The standard InChI is InChI=1S/C20H17FN4O/c21-18-4-3-14(10-15(18)11-22)20(26)25-8-5-13(6-9-25)17-12-24-19-16(17)2-1-7-23-19/h1-4,7,10,12-13H,5-6,8-9H2,(H,23,24). The Labute approximate surface area is 150 Å². The first-order valence-electron chi connectivity index (χ1n) is 8.58. The van der Waals surface area contributed by atoms with Gasteiger partial charge in [-0.15, -0.1) is 0 Å². The number of aromatic nitrogens is 2. The summed E-state index contributed by atoms with van der Waals surface area (Å²) in [5.74, 6) is -0.379. The maximum atomic E-state index is 13.5. The van der Waals surface area contributed by atoms with Crippen LogP contribution in [0.1, 0.15) is 40.2 Å². The SMILES string of the molecule is N#Cc1cc(C(=O)N2CCC(c3c[nH]c4ncccc34)CC2)ccc1F. The zero-order valence-electron chi connectivity index (χ0n) is 14.1. The van der Waals surface area contributed by atoms with Crippen LogP contribution in [0.5, 0.6) is 0 Å². The number of nitriles is 1. The number of fused-ring (bicyclic) bond motifs is 1. The van der Waals surface area contributed by atoms with E-state index in [2.05, 4.69) is 16.0 Å². The highest BCUT2D eigenvalue weighted by Gasteiger charge is 2.26. The van der Waals surface area contributed by atoms with Gasteiger partial charge in [0.25, 0.3) is 5.91 Å². The van der Waals surface area contributed by atoms with Gasteiger partial charge in [0.15, 0.2) is 0 Å². The minimum atomic E-state index is -0.601. The molecule has 0 saturated carbocycles. The number of aromatic amines is 1. The minimum absolute atomic E-state index is 0.1000. The van der Waals surface area contributed by atoms with Crippen molar-refractivity contribution in [3.63, 3.8) is 0 Å². The van der Waals surface area contributed by atoms with Crippen molar-refractivity contribution >= 4 is 16.9 Å². The number of amides is 1. The van der Waals surface area contributed by atoms with Gasteiger partial charge in [0.05, 0.1) is 5.56 Å². The molecule has 2 aromatic heterocycles. The lowest BCUT2D eigenvalue weighted by molar-refractivity contribution is 0.0713. The average molecular weight is 348 g/mol. The highest BCUT2D eigenvalue weighted by atomic mass is 19.1. The molecule has 0 bridgehead atoms. The summed E-state index contributed by atoms with van der Waals surface area (Å²) in [4.78, 5) is 22.0. The summed E-state index contributed by atoms with van der Waals surface area (Å²) in [7, 11) is 0. The summed E-state index contributed by atoms with van der Waals surface area (Å²) < 4.78 is 13.5. The minimum Gasteiger partial charge on any atom is -0.346 e. The van der Waals surface area contributed by atoms with Crippen molar-refractivity contribution in [1.29, 1.82) is 5.26 Å². The van der Waals surface area contributed by atoms with Crippen LogP contribution in [-0.2, 0) is 0 Å². The van der Waals surface area contributed by atoms with E-state index in [-0.39, 0.29) is 11.5 Å². The fourth-order valence-corrected chi connectivity index (χ4v) is 3.64. The third kappa shape index (κ3) is 2.82. The van der Waals surface area contributed by atoms with Gasteiger partial charge in [-0.05, 0) is 54.7 Å². The van der Waals surface area contributed by atoms with Crippen LogP contribution in [0.4, 0.5) is 4.39 Å². The predicted molar refractivity (Wildman–Crippen MR) is 95.1 cm³/mol. The number of carbonyl (C=O) groups excluding carboxylic acids is 1. The number of likely N-dealkylation sites (tertiary alicyclic amines) is 1. The summed E-state index contributed by atoms with van der Waals surface area (Å²) in [6.45, 7) is 1.27. The molecule has 1 saturated heterocycles. The predicted octanol–water partition coefficient (Wildman–Crippen LogP) is 3.59. The van der Waals surface area contributed by atoms with Gasteiger partial charge in [-0.25, -0.2) is 9.37 Å². The van der Waals surface area contributed by atoms with E-state index in [1.807, 2.05) is 12.3 Å². The lowest BCUT2D eigenvalue weighted by Crippen LogP contribution is -2.37. The molecule has 5 nitrogen and oxygen atoms in total. The Morgan fingerprint density at radius 3 is 2.88 bits per heavy atom. The van der Waals surface area contributed by atoms with E-state index in [9.17, 15) is 9.18 Å². The van der Waals surface area contributed by atoms with Gasteiger partial charge in [-0.1, -0.05) is 0 Å². The Morgan fingerprint density at radius 2 is 2.12 bits per heavy atom. The molecule has 4 rings (SSSR count). The van der Waals surface area contributed by atoms with Crippen molar-refractivity contribution in [2.75, 3.05) is 13.1 Å². The van der Waals surface area contributed by atoms with E-state index in [4.69, 9.17) is 5.26 Å². The monoisotopic (exact) mass is 348 g/mol. The highest BCUT2D eigenvalue weighted by Crippen LogP contribution is 2.33. The summed E-state index contributed by atoms with van der Waals surface area (Å²) in [5.41, 5.74) is 2.39. The molecule has 0 aliphatic carbocycles. The molecule has 0 unspecified atom stereocenters. The molecular formula is C20H17FN4O.